The van der Waals surface area contributed by atoms with Crippen LogP contribution in [0.15, 0.2) is 43.4 Å². The van der Waals surface area contributed by atoms with Gasteiger partial charge >= 0.3 is 5.51 Å². The first-order chi connectivity index (χ1) is 9.42. The Kier molecular flexibility index (Phi) is 3.55. The zero-order valence-corrected chi connectivity index (χ0v) is 12.8. The molecule has 1 aromatic carbocycles. The van der Waals surface area contributed by atoms with Crippen LogP contribution in [0.1, 0.15) is 0 Å². The maximum Gasteiger partial charge on any atom is 0.446 e. The molecule has 20 heavy (non-hydrogen) atoms. The van der Waals surface area contributed by atoms with Crippen molar-refractivity contribution in [2.75, 3.05) is 0 Å². The van der Waals surface area contributed by atoms with Crippen LogP contribution in [0.2, 0.25) is 0 Å². The van der Waals surface area contributed by atoms with E-state index in [0.717, 1.165) is 9.35 Å². The Balaban J connectivity index is 2.02. The average Bonchev–Trinajstić information content (AvgIpc) is 2.91. The Labute approximate surface area is 128 Å². The molecule has 2 nitrogen and oxygen atoms in total. The van der Waals surface area contributed by atoms with Gasteiger partial charge in [-0.25, -0.2) is 4.98 Å². The van der Waals surface area contributed by atoms with Crippen LogP contribution in [0, 0.1) is 0 Å². The number of fused-ring (bicyclic) bond motifs is 1. The molecule has 0 atom stereocenters. The third kappa shape index (κ3) is 2.87. The van der Waals surface area contributed by atoms with Gasteiger partial charge in [-0.3, -0.25) is 0 Å². The predicted octanol–water partition coefficient (Wildman–Crippen LogP) is 5.93. The molecule has 0 spiro atoms. The fourth-order valence-electron chi connectivity index (χ4n) is 1.65. The summed E-state index contributed by atoms with van der Waals surface area (Å²) in [7, 11) is 0. The first kappa shape index (κ1) is 14.0. The number of hydrogen-bond acceptors (Lipinski definition) is 4. The van der Waals surface area contributed by atoms with Crippen LogP contribution in [0.5, 0.6) is 0 Å². The van der Waals surface area contributed by atoms with E-state index in [2.05, 4.69) is 20.9 Å². The summed E-state index contributed by atoms with van der Waals surface area (Å²) in [6.07, 6.45) is 0. The van der Waals surface area contributed by atoms with Gasteiger partial charge in [0, 0.05) is 9.37 Å². The van der Waals surface area contributed by atoms with Gasteiger partial charge in [0.2, 0.25) is 5.89 Å². The van der Waals surface area contributed by atoms with Crippen molar-refractivity contribution in [2.45, 2.75) is 10.4 Å². The first-order valence-corrected chi connectivity index (χ1v) is 7.81. The van der Waals surface area contributed by atoms with Gasteiger partial charge in [0.05, 0.1) is 0 Å². The number of hydrogen-bond donors (Lipinski definition) is 0. The number of thioether (sulfide) groups is 1. The van der Waals surface area contributed by atoms with E-state index in [4.69, 9.17) is 4.42 Å². The van der Waals surface area contributed by atoms with Crippen LogP contribution < -0.4 is 0 Å². The second-order valence-corrected chi connectivity index (χ2v) is 6.70. The van der Waals surface area contributed by atoms with Crippen molar-refractivity contribution in [3.05, 3.63) is 34.1 Å². The molecule has 0 aliphatic rings. The van der Waals surface area contributed by atoms with Gasteiger partial charge in [-0.05, 0) is 57.3 Å². The molecule has 2 aromatic heterocycles. The van der Waals surface area contributed by atoms with Gasteiger partial charge in [-0.1, -0.05) is 0 Å². The fourth-order valence-corrected chi connectivity index (χ4v) is 3.69. The summed E-state index contributed by atoms with van der Waals surface area (Å²) in [5, 5.41) is 1.87. The molecular formula is C12H5BrF3NOS2. The van der Waals surface area contributed by atoms with Crippen LogP contribution >= 0.6 is 39.0 Å². The predicted molar refractivity (Wildman–Crippen MR) is 76.9 cm³/mol. The van der Waals surface area contributed by atoms with E-state index in [1.165, 1.54) is 29.5 Å². The van der Waals surface area contributed by atoms with Crippen LogP contribution in [-0.4, -0.2) is 10.5 Å². The molecule has 0 amide bonds. The van der Waals surface area contributed by atoms with Crippen LogP contribution in [-0.2, 0) is 0 Å². The Morgan fingerprint density at radius 1 is 1.25 bits per heavy atom. The van der Waals surface area contributed by atoms with E-state index >= 15 is 0 Å². The van der Waals surface area contributed by atoms with Crippen molar-refractivity contribution < 1.29 is 17.6 Å². The fraction of sp³-hybridized carbons (Fsp3) is 0.0833. The maximum atomic E-state index is 12.3. The molecule has 3 aromatic rings. The largest absolute Gasteiger partial charge is 0.446 e. The summed E-state index contributed by atoms with van der Waals surface area (Å²) in [4.78, 5) is 5.14. The number of halogens is 4. The van der Waals surface area contributed by atoms with Gasteiger partial charge in [0.15, 0.2) is 5.58 Å². The minimum atomic E-state index is -4.31. The lowest BCUT2D eigenvalue weighted by atomic mass is 10.3. The summed E-state index contributed by atoms with van der Waals surface area (Å²) in [6.45, 7) is 0. The standard InChI is InChI=1S/C12H5BrF3NOS2/c13-7-3-4-19-10(7)11-17-8-5-6(20-12(14,15)16)1-2-9(8)18-11/h1-5H. The molecule has 2 heterocycles. The monoisotopic (exact) mass is 379 g/mol. The lowest BCUT2D eigenvalue weighted by Gasteiger charge is -2.04. The SMILES string of the molecule is FC(F)(F)Sc1ccc2oc(-c3sccc3Br)nc2c1. The van der Waals surface area contributed by atoms with Crippen molar-refractivity contribution in [3.63, 3.8) is 0 Å². The van der Waals surface area contributed by atoms with Gasteiger partial charge in [-0.15, -0.1) is 11.3 Å². The summed E-state index contributed by atoms with van der Waals surface area (Å²) in [5.41, 5.74) is -3.43. The number of alkyl halides is 3. The molecule has 3 rings (SSSR count). The number of benzene rings is 1. The molecule has 0 unspecified atom stereocenters. The molecule has 0 N–H and O–H groups in total. The Morgan fingerprint density at radius 3 is 2.70 bits per heavy atom. The molecule has 0 saturated heterocycles. The van der Waals surface area contributed by atoms with Gasteiger partial charge in [-0.2, -0.15) is 13.2 Å². The molecule has 0 aliphatic carbocycles. The van der Waals surface area contributed by atoms with Crippen molar-refractivity contribution >= 4 is 50.1 Å². The lowest BCUT2D eigenvalue weighted by Crippen LogP contribution is -1.98. The highest BCUT2D eigenvalue weighted by molar-refractivity contribution is 9.10. The molecule has 104 valence electrons. The van der Waals surface area contributed by atoms with E-state index in [9.17, 15) is 13.2 Å². The zero-order valence-electron chi connectivity index (χ0n) is 9.57. The Bertz CT molecular complexity index is 765. The molecule has 0 bridgehead atoms. The Morgan fingerprint density at radius 2 is 2.05 bits per heavy atom. The van der Waals surface area contributed by atoms with Gasteiger partial charge in [0.25, 0.3) is 0 Å². The molecule has 0 aliphatic heterocycles. The summed E-state index contributed by atoms with van der Waals surface area (Å²) < 4.78 is 43.4. The van der Waals surface area contributed by atoms with Crippen LogP contribution in [0.25, 0.3) is 21.9 Å². The topological polar surface area (TPSA) is 26.0 Å². The van der Waals surface area contributed by atoms with Crippen LogP contribution in [0.3, 0.4) is 0 Å². The van der Waals surface area contributed by atoms with Crippen molar-refractivity contribution in [1.82, 2.24) is 4.98 Å². The molecule has 0 radical (unpaired) electrons. The highest BCUT2D eigenvalue weighted by Gasteiger charge is 2.29. The summed E-state index contributed by atoms with van der Waals surface area (Å²) in [6, 6.07) is 6.11. The normalized spacial score (nSPS) is 12.2. The van der Waals surface area contributed by atoms with E-state index in [1.807, 2.05) is 11.4 Å². The van der Waals surface area contributed by atoms with E-state index in [-0.39, 0.29) is 16.7 Å². The number of rotatable bonds is 2. The highest BCUT2D eigenvalue weighted by Crippen LogP contribution is 2.39. The summed E-state index contributed by atoms with van der Waals surface area (Å²) >= 11 is 4.65. The molecule has 8 heteroatoms. The molecular weight excluding hydrogens is 375 g/mol. The van der Waals surface area contributed by atoms with Crippen LogP contribution in [0.4, 0.5) is 13.2 Å². The Hall–Kier alpha value is -0.990. The minimum absolute atomic E-state index is 0.0927. The van der Waals surface area contributed by atoms with Crippen molar-refractivity contribution in [2.24, 2.45) is 0 Å². The number of oxazole rings is 1. The second kappa shape index (κ2) is 5.09. The third-order valence-corrected chi connectivity index (χ3v) is 4.95. The van der Waals surface area contributed by atoms with Gasteiger partial charge < -0.3 is 4.42 Å². The average molecular weight is 380 g/mol. The van der Waals surface area contributed by atoms with Crippen molar-refractivity contribution in [3.8, 4) is 10.8 Å². The quantitative estimate of drug-likeness (QED) is 0.516. The van der Waals surface area contributed by atoms with E-state index in [1.54, 1.807) is 0 Å². The number of thiophene rings is 1. The van der Waals surface area contributed by atoms with E-state index in [0.29, 0.717) is 17.0 Å². The third-order valence-electron chi connectivity index (χ3n) is 2.40. The smallest absolute Gasteiger partial charge is 0.435 e. The molecule has 0 fully saturated rings. The first-order valence-electron chi connectivity index (χ1n) is 5.32. The number of nitrogens with zero attached hydrogens (tertiary/aromatic N) is 1. The van der Waals surface area contributed by atoms with Crippen molar-refractivity contribution in [1.29, 1.82) is 0 Å². The highest BCUT2D eigenvalue weighted by atomic mass is 79.9. The molecule has 0 saturated carbocycles. The maximum absolute atomic E-state index is 12.3. The van der Waals surface area contributed by atoms with E-state index < -0.39 is 5.51 Å². The number of aromatic nitrogens is 1. The minimum Gasteiger partial charge on any atom is -0.435 e. The van der Waals surface area contributed by atoms with Gasteiger partial charge in [0.1, 0.15) is 10.4 Å². The summed E-state index contributed by atoms with van der Waals surface area (Å²) in [5.74, 6) is 0.399. The zero-order chi connectivity index (χ0) is 14.3. The second-order valence-electron chi connectivity index (χ2n) is 3.79. The lowest BCUT2D eigenvalue weighted by molar-refractivity contribution is -0.0328.